The fourth-order valence-corrected chi connectivity index (χ4v) is 3.20. The van der Waals surface area contributed by atoms with E-state index in [-0.39, 0.29) is 17.4 Å². The number of carbonyl (C=O) groups is 2. The number of rotatable bonds is 3. The molecule has 0 aliphatic carbocycles. The predicted octanol–water partition coefficient (Wildman–Crippen LogP) is 3.87. The quantitative estimate of drug-likeness (QED) is 0.767. The molecule has 2 aromatic carbocycles. The average molecular weight is 364 g/mol. The molecule has 3 aromatic rings. The number of furan rings is 1. The van der Waals surface area contributed by atoms with Crippen LogP contribution in [0.2, 0.25) is 0 Å². The van der Waals surface area contributed by atoms with Gasteiger partial charge in [-0.2, -0.15) is 0 Å². The lowest BCUT2D eigenvalue weighted by Gasteiger charge is -2.28. The van der Waals surface area contributed by atoms with Crippen LogP contribution in [0.1, 0.15) is 32.0 Å². The van der Waals surface area contributed by atoms with E-state index in [0.717, 1.165) is 17.5 Å². The highest BCUT2D eigenvalue weighted by atomic mass is 19.1. The van der Waals surface area contributed by atoms with Gasteiger partial charge < -0.3 is 14.6 Å². The topological polar surface area (TPSA) is 62.6 Å². The Hall–Kier alpha value is -3.41. The highest BCUT2D eigenvalue weighted by molar-refractivity contribution is 6.04. The van der Waals surface area contributed by atoms with Gasteiger partial charge in [0.25, 0.3) is 11.8 Å². The van der Waals surface area contributed by atoms with Crippen LogP contribution in [-0.2, 0) is 13.0 Å². The number of nitrogens with zero attached hydrogens (tertiary/aromatic N) is 1. The summed E-state index contributed by atoms with van der Waals surface area (Å²) >= 11 is 0. The Kier molecular flexibility index (Phi) is 4.46. The number of hydrogen-bond acceptors (Lipinski definition) is 3. The smallest absolute Gasteiger partial charge is 0.289 e. The van der Waals surface area contributed by atoms with Crippen LogP contribution in [0.4, 0.5) is 10.1 Å². The molecule has 1 aromatic heterocycles. The van der Waals surface area contributed by atoms with Crippen LogP contribution in [0.3, 0.4) is 0 Å². The molecule has 4 rings (SSSR count). The van der Waals surface area contributed by atoms with Crippen molar-refractivity contribution in [2.45, 2.75) is 13.0 Å². The van der Waals surface area contributed by atoms with Gasteiger partial charge in [0, 0.05) is 24.3 Å². The lowest BCUT2D eigenvalue weighted by Crippen LogP contribution is -2.35. The highest BCUT2D eigenvalue weighted by Crippen LogP contribution is 2.24. The summed E-state index contributed by atoms with van der Waals surface area (Å²) in [4.78, 5) is 26.5. The Bertz CT molecular complexity index is 998. The molecular formula is C21H17FN2O3. The van der Waals surface area contributed by atoms with Crippen molar-refractivity contribution in [1.29, 1.82) is 0 Å². The maximum Gasteiger partial charge on any atom is 0.289 e. The Balaban J connectivity index is 1.51. The molecule has 2 amide bonds. The Morgan fingerprint density at radius 2 is 1.93 bits per heavy atom. The Labute approximate surface area is 155 Å². The molecule has 1 aliphatic rings. The minimum atomic E-state index is -0.458. The fourth-order valence-electron chi connectivity index (χ4n) is 3.20. The van der Waals surface area contributed by atoms with Crippen molar-refractivity contribution >= 4 is 17.5 Å². The third-order valence-electron chi connectivity index (χ3n) is 4.58. The summed E-state index contributed by atoms with van der Waals surface area (Å²) in [5, 5.41) is 2.78. The Morgan fingerprint density at radius 1 is 1.04 bits per heavy atom. The van der Waals surface area contributed by atoms with Crippen molar-refractivity contribution in [1.82, 2.24) is 4.90 Å². The number of halogens is 1. The van der Waals surface area contributed by atoms with Crippen molar-refractivity contribution in [3.63, 3.8) is 0 Å². The zero-order valence-corrected chi connectivity index (χ0v) is 14.4. The first kappa shape index (κ1) is 17.0. The molecule has 0 unspecified atom stereocenters. The van der Waals surface area contributed by atoms with Crippen LogP contribution in [0.25, 0.3) is 0 Å². The van der Waals surface area contributed by atoms with Gasteiger partial charge in [-0.3, -0.25) is 9.59 Å². The monoisotopic (exact) mass is 364 g/mol. The maximum atomic E-state index is 13.3. The molecule has 6 heteroatoms. The molecule has 0 radical (unpaired) electrons. The van der Waals surface area contributed by atoms with Crippen LogP contribution in [0.5, 0.6) is 0 Å². The fraction of sp³-hybridized carbons (Fsp3) is 0.143. The third-order valence-corrected chi connectivity index (χ3v) is 4.58. The van der Waals surface area contributed by atoms with Crippen LogP contribution in [0, 0.1) is 5.82 Å². The Morgan fingerprint density at radius 3 is 2.70 bits per heavy atom. The van der Waals surface area contributed by atoms with Crippen LogP contribution < -0.4 is 5.32 Å². The summed E-state index contributed by atoms with van der Waals surface area (Å²) in [6.45, 7) is 1.06. The normalized spacial score (nSPS) is 13.1. The molecule has 136 valence electrons. The van der Waals surface area contributed by atoms with Gasteiger partial charge in [-0.15, -0.1) is 0 Å². The summed E-state index contributed by atoms with van der Waals surface area (Å²) in [6.07, 6.45) is 2.21. The summed E-state index contributed by atoms with van der Waals surface area (Å²) in [7, 11) is 0. The minimum absolute atomic E-state index is 0.153. The molecule has 0 atom stereocenters. The van der Waals surface area contributed by atoms with Crippen molar-refractivity contribution in [2.75, 3.05) is 11.9 Å². The number of hydrogen-bond donors (Lipinski definition) is 1. The number of anilines is 1. The van der Waals surface area contributed by atoms with E-state index in [0.29, 0.717) is 24.5 Å². The van der Waals surface area contributed by atoms with E-state index >= 15 is 0 Å². The second kappa shape index (κ2) is 7.07. The summed E-state index contributed by atoms with van der Waals surface area (Å²) in [6, 6.07) is 14.5. The molecule has 5 nitrogen and oxygen atoms in total. The first-order chi connectivity index (χ1) is 13.1. The standard InChI is InChI=1S/C21H17FN2O3/c22-17-4-1-3-15(11-17)20(25)23-18-7-6-14-8-9-24(13-16(14)12-18)21(26)19-5-2-10-27-19/h1-7,10-12H,8-9,13H2,(H,23,25). The molecule has 0 saturated carbocycles. The molecular weight excluding hydrogens is 347 g/mol. The largest absolute Gasteiger partial charge is 0.459 e. The summed E-state index contributed by atoms with van der Waals surface area (Å²) < 4.78 is 18.5. The maximum absolute atomic E-state index is 13.3. The van der Waals surface area contributed by atoms with Gasteiger partial charge in [0.15, 0.2) is 5.76 Å². The zero-order chi connectivity index (χ0) is 18.8. The molecule has 0 saturated heterocycles. The van der Waals surface area contributed by atoms with E-state index in [1.165, 1.54) is 24.5 Å². The van der Waals surface area contributed by atoms with Gasteiger partial charge in [0.1, 0.15) is 5.82 Å². The lowest BCUT2D eigenvalue weighted by atomic mass is 9.98. The van der Waals surface area contributed by atoms with E-state index < -0.39 is 5.82 Å². The first-order valence-corrected chi connectivity index (χ1v) is 8.61. The van der Waals surface area contributed by atoms with E-state index in [1.54, 1.807) is 23.1 Å². The summed E-state index contributed by atoms with van der Waals surface area (Å²) in [5.74, 6) is -0.678. The second-order valence-corrected chi connectivity index (χ2v) is 6.40. The minimum Gasteiger partial charge on any atom is -0.459 e. The zero-order valence-electron chi connectivity index (χ0n) is 14.4. The van der Waals surface area contributed by atoms with Crippen LogP contribution in [-0.4, -0.2) is 23.3 Å². The molecule has 0 spiro atoms. The molecule has 0 fully saturated rings. The van der Waals surface area contributed by atoms with Gasteiger partial charge >= 0.3 is 0 Å². The number of amides is 2. The van der Waals surface area contributed by atoms with Gasteiger partial charge in [-0.25, -0.2) is 4.39 Å². The summed E-state index contributed by atoms with van der Waals surface area (Å²) in [5.41, 5.74) is 2.97. The number of fused-ring (bicyclic) bond motifs is 1. The average Bonchev–Trinajstić information content (AvgIpc) is 3.21. The van der Waals surface area contributed by atoms with Crippen LogP contribution >= 0.6 is 0 Å². The molecule has 1 N–H and O–H groups in total. The van der Waals surface area contributed by atoms with Crippen molar-refractivity contribution in [2.24, 2.45) is 0 Å². The predicted molar refractivity (Wildman–Crippen MR) is 97.9 cm³/mol. The van der Waals surface area contributed by atoms with Crippen molar-refractivity contribution in [3.8, 4) is 0 Å². The van der Waals surface area contributed by atoms with Crippen molar-refractivity contribution in [3.05, 3.63) is 89.1 Å². The number of benzene rings is 2. The van der Waals surface area contributed by atoms with Gasteiger partial charge in [0.05, 0.1) is 6.26 Å². The third kappa shape index (κ3) is 3.60. The van der Waals surface area contributed by atoms with Crippen molar-refractivity contribution < 1.29 is 18.4 Å². The van der Waals surface area contributed by atoms with E-state index in [1.807, 2.05) is 18.2 Å². The van der Waals surface area contributed by atoms with E-state index in [2.05, 4.69) is 5.32 Å². The van der Waals surface area contributed by atoms with Gasteiger partial charge in [-0.1, -0.05) is 12.1 Å². The van der Waals surface area contributed by atoms with E-state index in [4.69, 9.17) is 4.42 Å². The highest BCUT2D eigenvalue weighted by Gasteiger charge is 2.23. The first-order valence-electron chi connectivity index (χ1n) is 8.61. The number of nitrogens with one attached hydrogen (secondary N) is 1. The number of carbonyl (C=O) groups excluding carboxylic acids is 2. The van der Waals surface area contributed by atoms with Gasteiger partial charge in [0.2, 0.25) is 0 Å². The lowest BCUT2D eigenvalue weighted by molar-refractivity contribution is 0.0702. The van der Waals surface area contributed by atoms with Gasteiger partial charge in [-0.05, 0) is 60.0 Å². The van der Waals surface area contributed by atoms with E-state index in [9.17, 15) is 14.0 Å². The molecule has 2 heterocycles. The second-order valence-electron chi connectivity index (χ2n) is 6.40. The molecule has 0 bridgehead atoms. The SMILES string of the molecule is O=C(Nc1ccc2c(c1)CN(C(=O)c1ccco1)CC2)c1cccc(F)c1. The molecule has 27 heavy (non-hydrogen) atoms. The molecule has 1 aliphatic heterocycles. The van der Waals surface area contributed by atoms with Crippen LogP contribution in [0.15, 0.2) is 65.3 Å².